The Bertz CT molecular complexity index is 1400. The molecule has 160 valence electrons. The molecule has 1 unspecified atom stereocenters. The molecule has 1 saturated carbocycles. The Morgan fingerprint density at radius 2 is 2.06 bits per heavy atom. The molecule has 8 heteroatoms. The minimum absolute atomic E-state index is 0.0707. The molecule has 1 fully saturated rings. The van der Waals surface area contributed by atoms with Crippen molar-refractivity contribution >= 4 is 11.0 Å². The van der Waals surface area contributed by atoms with Crippen LogP contribution in [0.25, 0.3) is 22.2 Å². The second kappa shape index (κ2) is 6.85. The number of halogens is 1. The average Bonchev–Trinajstić information content (AvgIpc) is 3.19. The Labute approximate surface area is 182 Å². The summed E-state index contributed by atoms with van der Waals surface area (Å²) >= 11 is 0. The molecule has 4 heterocycles. The van der Waals surface area contributed by atoms with Gasteiger partial charge in [-0.3, -0.25) is 4.98 Å². The van der Waals surface area contributed by atoms with E-state index in [0.717, 1.165) is 41.0 Å². The molecule has 1 aliphatic carbocycles. The number of oxazole rings is 1. The van der Waals surface area contributed by atoms with Crippen molar-refractivity contribution in [3.05, 3.63) is 83.4 Å². The first-order chi connectivity index (χ1) is 15.6. The molecule has 32 heavy (non-hydrogen) atoms. The third-order valence-corrected chi connectivity index (χ3v) is 6.05. The number of nitrogens with one attached hydrogen (secondary N) is 1. The predicted octanol–water partition coefficient (Wildman–Crippen LogP) is 5.36. The summed E-state index contributed by atoms with van der Waals surface area (Å²) in [7, 11) is 0. The molecule has 1 N–H and O–H groups in total. The molecule has 0 saturated heterocycles. The van der Waals surface area contributed by atoms with E-state index in [9.17, 15) is 0 Å². The summed E-state index contributed by atoms with van der Waals surface area (Å²) in [5.74, 6) is 1.85. The zero-order chi connectivity index (χ0) is 21.9. The van der Waals surface area contributed by atoms with Crippen LogP contribution in [-0.2, 0) is 5.67 Å². The Kier molecular flexibility index (Phi) is 4.05. The molecule has 7 nitrogen and oxygen atoms in total. The van der Waals surface area contributed by atoms with E-state index in [1.165, 1.54) is 18.7 Å². The number of rotatable bonds is 5. The van der Waals surface area contributed by atoms with Crippen molar-refractivity contribution in [3.8, 4) is 11.1 Å². The van der Waals surface area contributed by atoms with Crippen molar-refractivity contribution in [3.63, 3.8) is 0 Å². The Morgan fingerprint density at radius 3 is 2.72 bits per heavy atom. The van der Waals surface area contributed by atoms with Crippen LogP contribution in [0, 0.1) is 13.8 Å². The molecule has 0 radical (unpaired) electrons. The third-order valence-electron chi connectivity index (χ3n) is 6.05. The Hall–Kier alpha value is -3.81. The molecule has 5 aromatic rings. The first kappa shape index (κ1) is 18.9. The predicted molar refractivity (Wildman–Crippen MR) is 115 cm³/mol. The Balaban J connectivity index is 1.69. The summed E-state index contributed by atoms with van der Waals surface area (Å²) in [6, 6.07) is 7.15. The monoisotopic (exact) mass is 429 g/mol. The van der Waals surface area contributed by atoms with Gasteiger partial charge in [-0.25, -0.2) is 14.4 Å². The SMILES string of the molecule is Cc1noc(C)c1-c1cc(C(F)(c2cccnc2)c2ncco2)c2nc(C3CC3)[nH]c2c1. The van der Waals surface area contributed by atoms with Crippen molar-refractivity contribution in [1.29, 1.82) is 0 Å². The van der Waals surface area contributed by atoms with Gasteiger partial charge in [-0.15, -0.1) is 0 Å². The zero-order valence-corrected chi connectivity index (χ0v) is 17.6. The second-order valence-electron chi connectivity index (χ2n) is 8.25. The molecule has 0 amide bonds. The maximum atomic E-state index is 17.3. The van der Waals surface area contributed by atoms with Crippen LogP contribution < -0.4 is 0 Å². The van der Waals surface area contributed by atoms with Gasteiger partial charge in [-0.1, -0.05) is 11.2 Å². The first-order valence-corrected chi connectivity index (χ1v) is 10.5. The van der Waals surface area contributed by atoms with Gasteiger partial charge in [0.25, 0.3) is 0 Å². The standard InChI is InChI=1S/C24H20FN5O2/c1-13-20(14(2)32-30-13)16-10-18(21-19(11-16)28-22(29-21)15-5-6-15)24(25,23-27-8-9-31-23)17-4-3-7-26-12-17/h3-4,7-12,15H,5-6H2,1-2H3,(H,28,29). The Morgan fingerprint density at radius 1 is 1.19 bits per heavy atom. The number of aromatic nitrogens is 5. The van der Waals surface area contributed by atoms with E-state index in [1.807, 2.05) is 19.9 Å². The van der Waals surface area contributed by atoms with Gasteiger partial charge in [0.15, 0.2) is 0 Å². The van der Waals surface area contributed by atoms with Crippen LogP contribution in [-0.4, -0.2) is 25.1 Å². The number of alkyl halides is 1. The van der Waals surface area contributed by atoms with Crippen molar-refractivity contribution in [2.75, 3.05) is 0 Å². The van der Waals surface area contributed by atoms with E-state index < -0.39 is 5.67 Å². The molecule has 0 aliphatic heterocycles. The average molecular weight is 429 g/mol. The number of nitrogens with zero attached hydrogens (tertiary/aromatic N) is 4. The molecule has 1 aromatic carbocycles. The highest BCUT2D eigenvalue weighted by molar-refractivity contribution is 5.88. The maximum absolute atomic E-state index is 17.3. The van der Waals surface area contributed by atoms with Crippen LogP contribution in [0.4, 0.5) is 4.39 Å². The fourth-order valence-electron chi connectivity index (χ4n) is 4.34. The van der Waals surface area contributed by atoms with Gasteiger partial charge in [-0.2, -0.15) is 0 Å². The van der Waals surface area contributed by atoms with Gasteiger partial charge in [-0.05, 0) is 50.5 Å². The van der Waals surface area contributed by atoms with Gasteiger partial charge < -0.3 is 13.9 Å². The van der Waals surface area contributed by atoms with Gasteiger partial charge >= 0.3 is 0 Å². The first-order valence-electron chi connectivity index (χ1n) is 10.5. The van der Waals surface area contributed by atoms with E-state index in [1.54, 1.807) is 24.4 Å². The van der Waals surface area contributed by atoms with Crippen LogP contribution in [0.5, 0.6) is 0 Å². The highest BCUT2D eigenvalue weighted by Gasteiger charge is 2.44. The summed E-state index contributed by atoms with van der Waals surface area (Å²) in [6.45, 7) is 3.72. The van der Waals surface area contributed by atoms with Gasteiger partial charge in [0, 0.05) is 35.0 Å². The molecule has 6 rings (SSSR count). The minimum Gasteiger partial charge on any atom is -0.445 e. The van der Waals surface area contributed by atoms with Crippen LogP contribution in [0.15, 0.2) is 58.1 Å². The van der Waals surface area contributed by atoms with Gasteiger partial charge in [0.2, 0.25) is 11.6 Å². The lowest BCUT2D eigenvalue weighted by Crippen LogP contribution is -2.25. The van der Waals surface area contributed by atoms with Crippen molar-refractivity contribution in [2.24, 2.45) is 0 Å². The highest BCUT2D eigenvalue weighted by atomic mass is 19.1. The normalized spacial score (nSPS) is 15.8. The molecule has 0 bridgehead atoms. The summed E-state index contributed by atoms with van der Waals surface area (Å²) in [5.41, 5.74) is 2.10. The third kappa shape index (κ3) is 2.79. The van der Waals surface area contributed by atoms with Gasteiger partial charge in [0.05, 0.1) is 22.9 Å². The number of pyridine rings is 1. The molecule has 1 aliphatic rings. The van der Waals surface area contributed by atoms with Crippen LogP contribution in [0.3, 0.4) is 0 Å². The summed E-state index contributed by atoms with van der Waals surface area (Å²) in [5, 5.41) is 4.08. The van der Waals surface area contributed by atoms with E-state index in [2.05, 4.69) is 20.1 Å². The number of hydrogen-bond donors (Lipinski definition) is 1. The number of aromatic amines is 1. The van der Waals surface area contributed by atoms with E-state index >= 15 is 4.39 Å². The number of hydrogen-bond acceptors (Lipinski definition) is 6. The number of H-pyrrole nitrogens is 1. The van der Waals surface area contributed by atoms with Gasteiger partial charge in [0.1, 0.15) is 17.8 Å². The topological polar surface area (TPSA) is 93.6 Å². The number of aryl methyl sites for hydroxylation is 2. The lowest BCUT2D eigenvalue weighted by Gasteiger charge is -2.24. The number of imidazole rings is 1. The molecular formula is C24H20FN5O2. The number of benzene rings is 1. The quantitative estimate of drug-likeness (QED) is 0.404. The minimum atomic E-state index is -2.19. The van der Waals surface area contributed by atoms with E-state index in [-0.39, 0.29) is 5.89 Å². The smallest absolute Gasteiger partial charge is 0.241 e. The summed E-state index contributed by atoms with van der Waals surface area (Å²) in [4.78, 5) is 16.6. The van der Waals surface area contributed by atoms with Crippen molar-refractivity contribution < 1.29 is 13.3 Å². The lowest BCUT2D eigenvalue weighted by molar-refractivity contribution is 0.222. The fraction of sp³-hybridized carbons (Fsp3) is 0.250. The fourth-order valence-corrected chi connectivity index (χ4v) is 4.34. The summed E-state index contributed by atoms with van der Waals surface area (Å²) in [6.07, 6.45) is 8.07. The van der Waals surface area contributed by atoms with Crippen LogP contribution in [0.2, 0.25) is 0 Å². The zero-order valence-electron chi connectivity index (χ0n) is 17.6. The molecular weight excluding hydrogens is 409 g/mol. The molecule has 0 spiro atoms. The number of fused-ring (bicyclic) bond motifs is 1. The van der Waals surface area contributed by atoms with Crippen LogP contribution in [0.1, 0.15) is 53.1 Å². The highest BCUT2D eigenvalue weighted by Crippen LogP contribution is 2.46. The summed E-state index contributed by atoms with van der Waals surface area (Å²) < 4.78 is 28.2. The second-order valence-corrected chi connectivity index (χ2v) is 8.25. The largest absolute Gasteiger partial charge is 0.445 e. The molecule has 4 aromatic heterocycles. The molecule has 1 atom stereocenters. The van der Waals surface area contributed by atoms with Crippen LogP contribution >= 0.6 is 0 Å². The maximum Gasteiger partial charge on any atom is 0.241 e. The van der Waals surface area contributed by atoms with E-state index in [4.69, 9.17) is 13.9 Å². The lowest BCUT2D eigenvalue weighted by atomic mass is 9.86. The van der Waals surface area contributed by atoms with E-state index in [0.29, 0.717) is 28.3 Å². The van der Waals surface area contributed by atoms with Crippen molar-refractivity contribution in [1.82, 2.24) is 25.1 Å². The van der Waals surface area contributed by atoms with Crippen molar-refractivity contribution in [2.45, 2.75) is 38.3 Å².